The number of nitrogens with one attached hydrogen (secondary N) is 1. The highest BCUT2D eigenvalue weighted by Crippen LogP contribution is 2.19. The van der Waals surface area contributed by atoms with Crippen LogP contribution < -0.4 is 5.32 Å². The largest absolute Gasteiger partial charge is 0.444 e. The summed E-state index contributed by atoms with van der Waals surface area (Å²) in [7, 11) is 1.81. The average molecular weight is 419 g/mol. The van der Waals surface area contributed by atoms with Crippen molar-refractivity contribution in [2.45, 2.75) is 6.54 Å². The number of pyridine rings is 1. The van der Waals surface area contributed by atoms with Crippen LogP contribution in [0, 0.1) is 5.82 Å². The zero-order chi connectivity index (χ0) is 18.5. The van der Waals surface area contributed by atoms with Crippen LogP contribution in [0.2, 0.25) is 0 Å². The molecule has 0 saturated carbocycles. The van der Waals surface area contributed by atoms with Gasteiger partial charge in [0, 0.05) is 22.8 Å². The van der Waals surface area contributed by atoms with E-state index in [0.29, 0.717) is 29.5 Å². The number of likely N-dealkylation sites (N-methyl/N-ethyl adjacent to an activating group) is 1. The lowest BCUT2D eigenvalue weighted by Gasteiger charge is -2.14. The van der Waals surface area contributed by atoms with Gasteiger partial charge in [0.15, 0.2) is 0 Å². The molecule has 6 nitrogen and oxygen atoms in total. The molecule has 1 amide bonds. The molecule has 0 spiro atoms. The summed E-state index contributed by atoms with van der Waals surface area (Å²) in [4.78, 5) is 22.4. The van der Waals surface area contributed by atoms with Gasteiger partial charge in [0.05, 0.1) is 12.2 Å². The molecule has 0 saturated heterocycles. The van der Waals surface area contributed by atoms with E-state index in [2.05, 4.69) is 31.2 Å². The fourth-order valence-electron chi connectivity index (χ4n) is 2.31. The molecule has 8 heteroatoms. The maximum absolute atomic E-state index is 13.0. The minimum absolute atomic E-state index is 0.176. The van der Waals surface area contributed by atoms with Crippen LogP contribution >= 0.6 is 15.9 Å². The van der Waals surface area contributed by atoms with E-state index < -0.39 is 0 Å². The van der Waals surface area contributed by atoms with Crippen molar-refractivity contribution in [2.75, 3.05) is 18.9 Å². The van der Waals surface area contributed by atoms with Crippen molar-refractivity contribution in [3.05, 3.63) is 64.8 Å². The first-order chi connectivity index (χ1) is 12.5. The lowest BCUT2D eigenvalue weighted by molar-refractivity contribution is -0.117. The number of carbonyl (C=O) groups is 1. The Hall–Kier alpha value is -2.58. The van der Waals surface area contributed by atoms with Crippen molar-refractivity contribution in [1.82, 2.24) is 14.9 Å². The van der Waals surface area contributed by atoms with Crippen LogP contribution in [0.3, 0.4) is 0 Å². The molecule has 0 radical (unpaired) electrons. The molecule has 0 aliphatic carbocycles. The number of halogens is 2. The maximum atomic E-state index is 13.0. The zero-order valence-corrected chi connectivity index (χ0v) is 15.5. The van der Waals surface area contributed by atoms with Crippen LogP contribution in [0.25, 0.3) is 11.5 Å². The highest BCUT2D eigenvalue weighted by atomic mass is 79.9. The lowest BCUT2D eigenvalue weighted by Crippen LogP contribution is -2.30. The number of benzene rings is 1. The van der Waals surface area contributed by atoms with Gasteiger partial charge in [-0.3, -0.25) is 9.69 Å². The second-order valence-electron chi connectivity index (χ2n) is 5.73. The summed E-state index contributed by atoms with van der Waals surface area (Å²) < 4.78 is 19.2. The molecule has 0 fully saturated rings. The Balaban J connectivity index is 1.54. The molecule has 1 aromatic carbocycles. The predicted molar refractivity (Wildman–Crippen MR) is 98.8 cm³/mol. The fourth-order valence-corrected chi connectivity index (χ4v) is 2.55. The van der Waals surface area contributed by atoms with Gasteiger partial charge in [0.1, 0.15) is 17.9 Å². The van der Waals surface area contributed by atoms with Crippen molar-refractivity contribution in [3.63, 3.8) is 0 Å². The third-order valence-corrected chi connectivity index (χ3v) is 3.95. The third-order valence-electron chi connectivity index (χ3n) is 3.48. The summed E-state index contributed by atoms with van der Waals surface area (Å²) >= 11 is 3.29. The van der Waals surface area contributed by atoms with E-state index in [1.54, 1.807) is 42.4 Å². The van der Waals surface area contributed by atoms with Gasteiger partial charge in [-0.05, 0) is 59.4 Å². The molecular weight excluding hydrogens is 403 g/mol. The second kappa shape index (κ2) is 8.20. The number of nitrogens with zero attached hydrogens (tertiary/aromatic N) is 3. The predicted octanol–water partition coefficient (Wildman–Crippen LogP) is 3.71. The van der Waals surface area contributed by atoms with Gasteiger partial charge < -0.3 is 9.73 Å². The van der Waals surface area contributed by atoms with E-state index in [9.17, 15) is 9.18 Å². The van der Waals surface area contributed by atoms with Crippen LogP contribution in [0.5, 0.6) is 0 Å². The summed E-state index contributed by atoms with van der Waals surface area (Å²) in [5.74, 6) is 0.416. The number of amides is 1. The molecule has 2 heterocycles. The van der Waals surface area contributed by atoms with Crippen LogP contribution in [-0.4, -0.2) is 34.4 Å². The SMILES string of the molecule is CN(CC(=O)Nc1ccc(Br)cn1)Cc1coc(-c2ccc(F)cc2)n1. The summed E-state index contributed by atoms with van der Waals surface area (Å²) in [6.45, 7) is 0.613. The molecule has 0 bridgehead atoms. The topological polar surface area (TPSA) is 71.3 Å². The fraction of sp³-hybridized carbons (Fsp3) is 0.167. The van der Waals surface area contributed by atoms with Crippen LogP contribution in [-0.2, 0) is 11.3 Å². The van der Waals surface area contributed by atoms with Gasteiger partial charge in [-0.15, -0.1) is 0 Å². The first kappa shape index (κ1) is 18.2. The summed E-state index contributed by atoms with van der Waals surface area (Å²) in [6.07, 6.45) is 3.15. The Morgan fingerprint density at radius 3 is 2.73 bits per heavy atom. The standard InChI is InChI=1S/C18H16BrFN4O2/c1-24(10-17(25)23-16-7-4-13(19)8-21-16)9-15-11-26-18(22-15)12-2-5-14(20)6-3-12/h2-8,11H,9-10H2,1H3,(H,21,23,25). The van der Waals surface area contributed by atoms with Gasteiger partial charge in [0.25, 0.3) is 0 Å². The molecule has 3 aromatic rings. The lowest BCUT2D eigenvalue weighted by atomic mass is 10.2. The average Bonchev–Trinajstić information content (AvgIpc) is 3.05. The van der Waals surface area contributed by atoms with Crippen LogP contribution in [0.4, 0.5) is 10.2 Å². The Morgan fingerprint density at radius 1 is 1.27 bits per heavy atom. The van der Waals surface area contributed by atoms with Gasteiger partial charge in [-0.2, -0.15) is 0 Å². The Morgan fingerprint density at radius 2 is 2.04 bits per heavy atom. The maximum Gasteiger partial charge on any atom is 0.239 e. The van der Waals surface area contributed by atoms with Crippen molar-refractivity contribution < 1.29 is 13.6 Å². The first-order valence-electron chi connectivity index (χ1n) is 7.80. The molecular formula is C18H16BrFN4O2. The molecule has 0 aliphatic rings. The molecule has 0 atom stereocenters. The highest BCUT2D eigenvalue weighted by Gasteiger charge is 2.12. The highest BCUT2D eigenvalue weighted by molar-refractivity contribution is 9.10. The van der Waals surface area contributed by atoms with Gasteiger partial charge in [-0.25, -0.2) is 14.4 Å². The van der Waals surface area contributed by atoms with E-state index in [1.807, 2.05) is 0 Å². The van der Waals surface area contributed by atoms with Gasteiger partial charge in [0.2, 0.25) is 11.8 Å². The van der Waals surface area contributed by atoms with E-state index in [4.69, 9.17) is 4.42 Å². The monoisotopic (exact) mass is 418 g/mol. The smallest absolute Gasteiger partial charge is 0.239 e. The molecule has 134 valence electrons. The number of rotatable bonds is 6. The van der Waals surface area contributed by atoms with E-state index in [1.165, 1.54) is 18.4 Å². The van der Waals surface area contributed by atoms with Crippen molar-refractivity contribution in [1.29, 1.82) is 0 Å². The van der Waals surface area contributed by atoms with E-state index in [-0.39, 0.29) is 18.3 Å². The zero-order valence-electron chi connectivity index (χ0n) is 13.9. The van der Waals surface area contributed by atoms with Gasteiger partial charge in [-0.1, -0.05) is 0 Å². The van der Waals surface area contributed by atoms with Gasteiger partial charge >= 0.3 is 0 Å². The summed E-state index contributed by atoms with van der Waals surface area (Å²) in [5, 5.41) is 2.73. The molecule has 1 N–H and O–H groups in total. The minimum Gasteiger partial charge on any atom is -0.444 e. The Bertz CT molecular complexity index is 881. The number of oxazole rings is 1. The Labute approximate surface area is 158 Å². The molecule has 0 unspecified atom stereocenters. The number of aromatic nitrogens is 2. The molecule has 0 aliphatic heterocycles. The van der Waals surface area contributed by atoms with Crippen molar-refractivity contribution >= 4 is 27.7 Å². The van der Waals surface area contributed by atoms with Crippen LogP contribution in [0.15, 0.2) is 57.7 Å². The number of hydrogen-bond donors (Lipinski definition) is 1. The third kappa shape index (κ3) is 4.96. The molecule has 2 aromatic heterocycles. The first-order valence-corrected chi connectivity index (χ1v) is 8.59. The van der Waals surface area contributed by atoms with Crippen molar-refractivity contribution in [2.24, 2.45) is 0 Å². The van der Waals surface area contributed by atoms with Crippen molar-refractivity contribution in [3.8, 4) is 11.5 Å². The minimum atomic E-state index is -0.313. The normalized spacial score (nSPS) is 10.9. The van der Waals surface area contributed by atoms with Crippen LogP contribution in [0.1, 0.15) is 5.69 Å². The number of hydrogen-bond acceptors (Lipinski definition) is 5. The number of anilines is 1. The van der Waals surface area contributed by atoms with E-state index >= 15 is 0 Å². The number of carbonyl (C=O) groups excluding carboxylic acids is 1. The second-order valence-corrected chi connectivity index (χ2v) is 6.65. The summed E-state index contributed by atoms with van der Waals surface area (Å²) in [6, 6.07) is 9.44. The Kier molecular flexibility index (Phi) is 5.75. The summed E-state index contributed by atoms with van der Waals surface area (Å²) in [5.41, 5.74) is 1.38. The molecule has 26 heavy (non-hydrogen) atoms. The quantitative estimate of drug-likeness (QED) is 0.660. The van der Waals surface area contributed by atoms with E-state index in [0.717, 1.165) is 4.47 Å². The molecule has 3 rings (SSSR count).